The van der Waals surface area contributed by atoms with Crippen LogP contribution >= 0.6 is 22.9 Å². The van der Waals surface area contributed by atoms with E-state index in [1.807, 2.05) is 0 Å². The fourth-order valence-corrected chi connectivity index (χ4v) is 2.46. The highest BCUT2D eigenvalue weighted by atomic mass is 35.5. The zero-order chi connectivity index (χ0) is 11.0. The van der Waals surface area contributed by atoms with E-state index in [1.54, 1.807) is 12.1 Å². The first-order chi connectivity index (χ1) is 7.11. The lowest BCUT2D eigenvalue weighted by atomic mass is 10.2. The minimum absolute atomic E-state index is 0.253. The van der Waals surface area contributed by atoms with Crippen molar-refractivity contribution in [2.24, 2.45) is 5.73 Å². The quantitative estimate of drug-likeness (QED) is 0.791. The standard InChI is InChI=1S/C9H7ClN2O2S/c10-8-7-4(1-5(3-11)12-8)2-6(15-7)9(13)14/h1-2H,3,11H2,(H,13,14). The van der Waals surface area contributed by atoms with Crippen molar-refractivity contribution in [1.29, 1.82) is 0 Å². The van der Waals surface area contributed by atoms with Gasteiger partial charge in [-0.15, -0.1) is 11.3 Å². The minimum atomic E-state index is -0.957. The second kappa shape index (κ2) is 3.77. The average Bonchev–Trinajstić information content (AvgIpc) is 2.61. The van der Waals surface area contributed by atoms with Gasteiger partial charge in [-0.25, -0.2) is 9.78 Å². The molecule has 0 aromatic carbocycles. The summed E-state index contributed by atoms with van der Waals surface area (Å²) in [6.45, 7) is 0.286. The Morgan fingerprint density at radius 3 is 2.93 bits per heavy atom. The van der Waals surface area contributed by atoms with E-state index in [2.05, 4.69) is 4.98 Å². The Morgan fingerprint density at radius 1 is 1.60 bits per heavy atom. The lowest BCUT2D eigenvalue weighted by Crippen LogP contribution is -1.98. The molecule has 15 heavy (non-hydrogen) atoms. The molecule has 2 aromatic heterocycles. The van der Waals surface area contributed by atoms with Gasteiger partial charge < -0.3 is 10.8 Å². The lowest BCUT2D eigenvalue weighted by Gasteiger charge is -1.97. The monoisotopic (exact) mass is 242 g/mol. The number of hydrogen-bond acceptors (Lipinski definition) is 4. The molecule has 0 bridgehead atoms. The number of nitrogens with two attached hydrogens (primary N) is 1. The molecule has 2 heterocycles. The van der Waals surface area contributed by atoms with Gasteiger partial charge in [0.1, 0.15) is 10.0 Å². The largest absolute Gasteiger partial charge is 0.477 e. The van der Waals surface area contributed by atoms with Gasteiger partial charge in [0, 0.05) is 6.54 Å². The van der Waals surface area contributed by atoms with Crippen molar-refractivity contribution in [1.82, 2.24) is 4.98 Å². The van der Waals surface area contributed by atoms with Crippen LogP contribution in [0.1, 0.15) is 15.4 Å². The van der Waals surface area contributed by atoms with Gasteiger partial charge in [0.2, 0.25) is 0 Å². The molecule has 6 heteroatoms. The van der Waals surface area contributed by atoms with Crippen molar-refractivity contribution in [3.05, 3.63) is 27.9 Å². The SMILES string of the molecule is NCc1cc2cc(C(=O)O)sc2c(Cl)n1. The second-order valence-corrected chi connectivity index (χ2v) is 4.35. The third-order valence-corrected chi connectivity index (χ3v) is 3.46. The maximum atomic E-state index is 10.8. The molecule has 0 spiro atoms. The van der Waals surface area contributed by atoms with Gasteiger partial charge in [-0.05, 0) is 17.5 Å². The summed E-state index contributed by atoms with van der Waals surface area (Å²) in [5.74, 6) is -0.957. The fraction of sp³-hybridized carbons (Fsp3) is 0.111. The second-order valence-electron chi connectivity index (χ2n) is 2.94. The van der Waals surface area contributed by atoms with E-state index in [0.29, 0.717) is 15.5 Å². The number of fused-ring (bicyclic) bond motifs is 1. The Hall–Kier alpha value is -1.17. The zero-order valence-electron chi connectivity index (χ0n) is 7.53. The van der Waals surface area contributed by atoms with Crippen molar-refractivity contribution in [3.8, 4) is 0 Å². The van der Waals surface area contributed by atoms with E-state index < -0.39 is 5.97 Å². The summed E-state index contributed by atoms with van der Waals surface area (Å²) in [4.78, 5) is 15.1. The Labute approximate surface area is 94.3 Å². The Morgan fingerprint density at radius 2 is 2.33 bits per heavy atom. The number of halogens is 1. The van der Waals surface area contributed by atoms with Crippen molar-refractivity contribution in [2.45, 2.75) is 6.54 Å². The van der Waals surface area contributed by atoms with E-state index in [0.717, 1.165) is 16.7 Å². The van der Waals surface area contributed by atoms with Crippen LogP contribution in [0, 0.1) is 0 Å². The number of hydrogen-bond donors (Lipinski definition) is 2. The van der Waals surface area contributed by atoms with Crippen LogP contribution in [0.2, 0.25) is 5.15 Å². The normalized spacial score (nSPS) is 10.8. The van der Waals surface area contributed by atoms with Crippen LogP contribution in [-0.2, 0) is 6.54 Å². The molecule has 0 saturated heterocycles. The molecule has 0 amide bonds. The van der Waals surface area contributed by atoms with Crippen LogP contribution in [0.15, 0.2) is 12.1 Å². The van der Waals surface area contributed by atoms with Crippen LogP contribution in [-0.4, -0.2) is 16.1 Å². The summed E-state index contributed by atoms with van der Waals surface area (Å²) in [7, 11) is 0. The molecular weight excluding hydrogens is 236 g/mol. The van der Waals surface area contributed by atoms with Crippen LogP contribution in [0.4, 0.5) is 0 Å². The van der Waals surface area contributed by atoms with Gasteiger partial charge in [0.05, 0.1) is 10.4 Å². The summed E-state index contributed by atoms with van der Waals surface area (Å²) in [6, 6.07) is 3.33. The average molecular weight is 243 g/mol. The molecule has 0 radical (unpaired) electrons. The number of pyridine rings is 1. The smallest absolute Gasteiger partial charge is 0.345 e. The molecule has 0 saturated carbocycles. The molecule has 2 aromatic rings. The minimum Gasteiger partial charge on any atom is -0.477 e. The predicted octanol–water partition coefficient (Wildman–Crippen LogP) is 2.11. The van der Waals surface area contributed by atoms with E-state index in [-0.39, 0.29) is 11.4 Å². The number of thiophene rings is 1. The van der Waals surface area contributed by atoms with Crippen LogP contribution in [0.5, 0.6) is 0 Å². The summed E-state index contributed by atoms with van der Waals surface area (Å²) >= 11 is 7.03. The molecular formula is C9H7ClN2O2S. The third-order valence-electron chi connectivity index (χ3n) is 1.93. The van der Waals surface area contributed by atoms with Crippen LogP contribution in [0.25, 0.3) is 10.1 Å². The molecule has 0 aliphatic heterocycles. The maximum Gasteiger partial charge on any atom is 0.345 e. The predicted molar refractivity (Wildman–Crippen MR) is 59.5 cm³/mol. The van der Waals surface area contributed by atoms with E-state index >= 15 is 0 Å². The van der Waals surface area contributed by atoms with E-state index in [4.69, 9.17) is 22.4 Å². The first-order valence-corrected chi connectivity index (χ1v) is 5.33. The number of rotatable bonds is 2. The molecule has 0 aliphatic carbocycles. The van der Waals surface area contributed by atoms with E-state index in [9.17, 15) is 4.79 Å². The topological polar surface area (TPSA) is 76.2 Å². The zero-order valence-corrected chi connectivity index (χ0v) is 9.10. The van der Waals surface area contributed by atoms with Gasteiger partial charge in [-0.2, -0.15) is 0 Å². The summed E-state index contributed by atoms with van der Waals surface area (Å²) in [6.07, 6.45) is 0. The number of nitrogens with zero attached hydrogens (tertiary/aromatic N) is 1. The molecule has 78 valence electrons. The maximum absolute atomic E-state index is 10.8. The fourth-order valence-electron chi connectivity index (χ4n) is 1.27. The number of carboxylic acids is 1. The van der Waals surface area contributed by atoms with Crippen LogP contribution in [0.3, 0.4) is 0 Å². The van der Waals surface area contributed by atoms with Gasteiger partial charge in [-0.3, -0.25) is 0 Å². The summed E-state index contributed by atoms with van der Waals surface area (Å²) in [5.41, 5.74) is 6.10. The highest BCUT2D eigenvalue weighted by Gasteiger charge is 2.12. The molecule has 2 rings (SSSR count). The third kappa shape index (κ3) is 1.81. The molecule has 4 nitrogen and oxygen atoms in total. The van der Waals surface area contributed by atoms with Gasteiger partial charge in [0.25, 0.3) is 0 Å². The summed E-state index contributed by atoms with van der Waals surface area (Å²) in [5, 5.41) is 9.91. The molecule has 0 aliphatic rings. The van der Waals surface area contributed by atoms with Crippen molar-refractivity contribution in [2.75, 3.05) is 0 Å². The lowest BCUT2D eigenvalue weighted by molar-refractivity contribution is 0.0702. The molecule has 0 unspecified atom stereocenters. The van der Waals surface area contributed by atoms with Crippen molar-refractivity contribution >= 4 is 39.0 Å². The molecule has 0 atom stereocenters. The Bertz CT molecular complexity index is 538. The number of carboxylic acid groups (broad SMARTS) is 1. The van der Waals surface area contributed by atoms with E-state index in [1.165, 1.54) is 0 Å². The van der Waals surface area contributed by atoms with Gasteiger partial charge in [-0.1, -0.05) is 11.6 Å². The Kier molecular flexibility index (Phi) is 2.60. The number of carbonyl (C=O) groups is 1. The molecule has 3 N–H and O–H groups in total. The number of aromatic nitrogens is 1. The highest BCUT2D eigenvalue weighted by Crippen LogP contribution is 2.31. The highest BCUT2D eigenvalue weighted by molar-refractivity contribution is 7.21. The molecule has 0 fully saturated rings. The van der Waals surface area contributed by atoms with Crippen molar-refractivity contribution < 1.29 is 9.90 Å². The van der Waals surface area contributed by atoms with Crippen molar-refractivity contribution in [3.63, 3.8) is 0 Å². The first kappa shape index (κ1) is 10.4. The summed E-state index contributed by atoms with van der Waals surface area (Å²) < 4.78 is 0.686. The first-order valence-electron chi connectivity index (χ1n) is 4.14. The van der Waals surface area contributed by atoms with Gasteiger partial charge >= 0.3 is 5.97 Å². The Balaban J connectivity index is 2.69. The van der Waals surface area contributed by atoms with Crippen LogP contribution < -0.4 is 5.73 Å². The number of aromatic carboxylic acids is 1. The van der Waals surface area contributed by atoms with Gasteiger partial charge in [0.15, 0.2) is 0 Å².